The highest BCUT2D eigenvalue weighted by atomic mass is 35.5. The van der Waals surface area contributed by atoms with E-state index in [-0.39, 0.29) is 31.8 Å². The van der Waals surface area contributed by atoms with Crippen LogP contribution in [0.1, 0.15) is 9.67 Å². The fourth-order valence-electron chi connectivity index (χ4n) is 1.81. The van der Waals surface area contributed by atoms with E-state index < -0.39 is 24.2 Å². The zero-order chi connectivity index (χ0) is 17.1. The van der Waals surface area contributed by atoms with E-state index in [4.69, 9.17) is 27.2 Å². The van der Waals surface area contributed by atoms with Gasteiger partial charge in [-0.3, -0.25) is 4.79 Å². The number of carbonyl (C=O) groups is 2. The van der Waals surface area contributed by atoms with Crippen LogP contribution in [0.15, 0.2) is 30.9 Å². The summed E-state index contributed by atoms with van der Waals surface area (Å²) in [5.74, 6) is -2.53. The maximum atomic E-state index is 14.2. The number of nitrogens with two attached hydrogens (primary N) is 1. The number of allylic oxidation sites excluding steroid dienone is 1. The van der Waals surface area contributed by atoms with Crippen LogP contribution in [-0.2, 0) is 4.79 Å². The highest BCUT2D eigenvalue weighted by Crippen LogP contribution is 2.46. The van der Waals surface area contributed by atoms with Gasteiger partial charge in [0.25, 0.3) is 0 Å². The van der Waals surface area contributed by atoms with Gasteiger partial charge in [0.1, 0.15) is 9.90 Å². The molecule has 0 bridgehead atoms. The lowest BCUT2D eigenvalue weighted by Gasteiger charge is -2.05. The molecule has 3 N–H and O–H groups in total. The van der Waals surface area contributed by atoms with Crippen molar-refractivity contribution in [3.05, 3.63) is 46.6 Å². The molecular formula is C15H11ClFNO4S. The van der Waals surface area contributed by atoms with E-state index >= 15 is 0 Å². The number of carbonyl (C=O) groups excluding carboxylic acids is 1. The van der Waals surface area contributed by atoms with Gasteiger partial charge >= 0.3 is 5.97 Å². The SMILES string of the molecule is C=CC(=O)c1sc(-c2cccc(N)c2F)c(Cl)c1OCC(=O)O. The zero-order valence-corrected chi connectivity index (χ0v) is 13.2. The lowest BCUT2D eigenvalue weighted by molar-refractivity contribution is -0.139. The number of benzene rings is 1. The summed E-state index contributed by atoms with van der Waals surface area (Å²) in [7, 11) is 0. The topological polar surface area (TPSA) is 89.6 Å². The number of thiophene rings is 1. The zero-order valence-electron chi connectivity index (χ0n) is 11.6. The lowest BCUT2D eigenvalue weighted by atomic mass is 10.1. The molecule has 0 fully saturated rings. The number of carboxylic acids is 1. The van der Waals surface area contributed by atoms with Crippen molar-refractivity contribution in [2.24, 2.45) is 0 Å². The van der Waals surface area contributed by atoms with Gasteiger partial charge in [-0.15, -0.1) is 11.3 Å². The van der Waals surface area contributed by atoms with Crippen molar-refractivity contribution in [3.63, 3.8) is 0 Å². The first-order valence-corrected chi connectivity index (χ1v) is 7.44. The van der Waals surface area contributed by atoms with Crippen LogP contribution in [0.25, 0.3) is 10.4 Å². The Labute approximate surface area is 139 Å². The van der Waals surface area contributed by atoms with Gasteiger partial charge in [-0.25, -0.2) is 9.18 Å². The second kappa shape index (κ2) is 6.80. The number of halogens is 2. The third-order valence-electron chi connectivity index (χ3n) is 2.83. The quantitative estimate of drug-likeness (QED) is 0.469. The molecule has 0 saturated carbocycles. The second-order valence-corrected chi connectivity index (χ2v) is 5.76. The van der Waals surface area contributed by atoms with Crippen molar-refractivity contribution in [1.82, 2.24) is 0 Å². The Hall–Kier alpha value is -2.38. The number of rotatable bonds is 6. The van der Waals surface area contributed by atoms with Crippen molar-refractivity contribution < 1.29 is 23.8 Å². The summed E-state index contributed by atoms with van der Waals surface area (Å²) >= 11 is 7.05. The van der Waals surface area contributed by atoms with Gasteiger partial charge in [-0.2, -0.15) is 0 Å². The molecule has 0 radical (unpaired) electrons. The number of ether oxygens (including phenoxy) is 1. The summed E-state index contributed by atoms with van der Waals surface area (Å²) in [4.78, 5) is 22.8. The molecule has 5 nitrogen and oxygen atoms in total. The number of aliphatic carboxylic acids is 1. The molecule has 0 aliphatic rings. The Morgan fingerprint density at radius 2 is 2.17 bits per heavy atom. The number of hydrogen-bond donors (Lipinski definition) is 2. The summed E-state index contributed by atoms with van der Waals surface area (Å²) in [5.41, 5.74) is 5.56. The number of carboxylic acid groups (broad SMARTS) is 1. The van der Waals surface area contributed by atoms with E-state index in [0.29, 0.717) is 0 Å². The van der Waals surface area contributed by atoms with Gasteiger partial charge in [0.15, 0.2) is 24.0 Å². The number of ketones is 1. The summed E-state index contributed by atoms with van der Waals surface area (Å²) < 4.78 is 19.3. The third kappa shape index (κ3) is 3.35. The van der Waals surface area contributed by atoms with E-state index in [0.717, 1.165) is 17.4 Å². The summed E-state index contributed by atoms with van der Waals surface area (Å²) in [6.07, 6.45) is 1.04. The first-order chi connectivity index (χ1) is 10.9. The molecular weight excluding hydrogens is 345 g/mol. The second-order valence-electron chi connectivity index (χ2n) is 4.36. The van der Waals surface area contributed by atoms with Crippen LogP contribution in [0.3, 0.4) is 0 Å². The molecule has 0 amide bonds. The summed E-state index contributed by atoms with van der Waals surface area (Å²) in [5, 5.41) is 8.66. The highest BCUT2D eigenvalue weighted by Gasteiger charge is 2.25. The molecule has 0 spiro atoms. The molecule has 2 rings (SSSR count). The Morgan fingerprint density at radius 3 is 2.78 bits per heavy atom. The molecule has 2 aromatic rings. The Morgan fingerprint density at radius 1 is 1.48 bits per heavy atom. The van der Waals surface area contributed by atoms with Crippen molar-refractivity contribution >= 4 is 40.4 Å². The molecule has 0 aliphatic carbocycles. The molecule has 8 heteroatoms. The maximum absolute atomic E-state index is 14.2. The molecule has 1 aromatic carbocycles. The van der Waals surface area contributed by atoms with E-state index in [9.17, 15) is 14.0 Å². The predicted octanol–water partition coefficient (Wildman–Crippen LogP) is 3.62. The molecule has 1 heterocycles. The van der Waals surface area contributed by atoms with Gasteiger partial charge in [0, 0.05) is 5.56 Å². The van der Waals surface area contributed by atoms with Crippen LogP contribution in [0.4, 0.5) is 10.1 Å². The minimum absolute atomic E-state index is 0.0445. The Balaban J connectivity index is 2.61. The largest absolute Gasteiger partial charge is 0.479 e. The third-order valence-corrected chi connectivity index (χ3v) is 4.52. The molecule has 0 aliphatic heterocycles. The van der Waals surface area contributed by atoms with Crippen molar-refractivity contribution in [1.29, 1.82) is 0 Å². The van der Waals surface area contributed by atoms with E-state index in [1.54, 1.807) is 0 Å². The molecule has 1 aromatic heterocycles. The maximum Gasteiger partial charge on any atom is 0.341 e. The molecule has 120 valence electrons. The molecule has 0 unspecified atom stereocenters. The number of hydrogen-bond acceptors (Lipinski definition) is 5. The smallest absolute Gasteiger partial charge is 0.341 e. The van der Waals surface area contributed by atoms with Gasteiger partial charge in [0.2, 0.25) is 0 Å². The average molecular weight is 356 g/mol. The van der Waals surface area contributed by atoms with Crippen LogP contribution in [-0.4, -0.2) is 23.5 Å². The number of anilines is 1. The van der Waals surface area contributed by atoms with Crippen LogP contribution in [0.2, 0.25) is 5.02 Å². The standard InChI is InChI=1S/C15H11ClFNO4S/c1-2-9(19)15-13(22-6-10(20)21)11(16)14(23-15)7-4-3-5-8(18)12(7)17/h2-5H,1,6,18H2,(H,20,21). The summed E-state index contributed by atoms with van der Waals surface area (Å²) in [6.45, 7) is 2.68. The molecule has 0 atom stereocenters. The highest BCUT2D eigenvalue weighted by molar-refractivity contribution is 7.18. The van der Waals surface area contributed by atoms with Crippen LogP contribution in [0.5, 0.6) is 5.75 Å². The van der Waals surface area contributed by atoms with E-state index in [2.05, 4.69) is 6.58 Å². The summed E-state index contributed by atoms with van der Waals surface area (Å²) in [6, 6.07) is 4.38. The molecule has 0 saturated heterocycles. The monoisotopic (exact) mass is 355 g/mol. The first kappa shape index (κ1) is 17.0. The Bertz CT molecular complexity index is 803. The number of nitrogen functional groups attached to an aromatic ring is 1. The van der Waals surface area contributed by atoms with E-state index in [1.807, 2.05) is 0 Å². The fourth-order valence-corrected chi connectivity index (χ4v) is 3.33. The minimum atomic E-state index is -1.24. The first-order valence-electron chi connectivity index (χ1n) is 6.24. The van der Waals surface area contributed by atoms with Crippen molar-refractivity contribution in [2.45, 2.75) is 0 Å². The normalized spacial score (nSPS) is 10.3. The lowest BCUT2D eigenvalue weighted by Crippen LogP contribution is -2.10. The van der Waals surface area contributed by atoms with Crippen LogP contribution in [0, 0.1) is 5.82 Å². The van der Waals surface area contributed by atoms with Gasteiger partial charge in [-0.1, -0.05) is 30.3 Å². The van der Waals surface area contributed by atoms with Crippen molar-refractivity contribution in [3.8, 4) is 16.2 Å². The predicted molar refractivity (Wildman–Crippen MR) is 86.8 cm³/mol. The van der Waals surface area contributed by atoms with Gasteiger partial charge in [-0.05, 0) is 12.1 Å². The molecule has 23 heavy (non-hydrogen) atoms. The van der Waals surface area contributed by atoms with Gasteiger partial charge < -0.3 is 15.6 Å². The fraction of sp³-hybridized carbons (Fsp3) is 0.0667. The van der Waals surface area contributed by atoms with E-state index in [1.165, 1.54) is 18.2 Å². The van der Waals surface area contributed by atoms with Crippen molar-refractivity contribution in [2.75, 3.05) is 12.3 Å². The Kier molecular flexibility index (Phi) is 5.02. The van der Waals surface area contributed by atoms with Gasteiger partial charge in [0.05, 0.1) is 10.6 Å². The minimum Gasteiger partial charge on any atom is -0.479 e. The van der Waals surface area contributed by atoms with Crippen LogP contribution < -0.4 is 10.5 Å². The average Bonchev–Trinajstić information content (AvgIpc) is 2.84. The van der Waals surface area contributed by atoms with Crippen LogP contribution >= 0.6 is 22.9 Å².